The van der Waals surface area contributed by atoms with Crippen LogP contribution in [0.15, 0.2) is 24.3 Å². The maximum atomic E-state index is 12.1. The Kier molecular flexibility index (Phi) is 7.74. The van der Waals surface area contributed by atoms with Crippen LogP contribution in [0.3, 0.4) is 0 Å². The van der Waals surface area contributed by atoms with Gasteiger partial charge in [-0.3, -0.25) is 9.59 Å². The van der Waals surface area contributed by atoms with Gasteiger partial charge in [-0.2, -0.15) is 0 Å². The Bertz CT molecular complexity index is 589. The summed E-state index contributed by atoms with van der Waals surface area (Å²) in [6.07, 6.45) is 0.981. The Balaban J connectivity index is 2.65. The molecular weight excluding hydrogens is 308 g/mol. The van der Waals surface area contributed by atoms with Crippen molar-refractivity contribution in [3.8, 4) is 0 Å². The molecule has 1 aromatic carbocycles. The predicted molar refractivity (Wildman–Crippen MR) is 93.7 cm³/mol. The number of para-hydroxylation sites is 1. The molecule has 0 saturated carbocycles. The zero-order chi connectivity index (χ0) is 18.1. The second-order valence-corrected chi connectivity index (χ2v) is 5.65. The molecule has 2 atom stereocenters. The zero-order valence-electron chi connectivity index (χ0n) is 14.6. The minimum absolute atomic E-state index is 0.0538. The predicted octanol–water partition coefficient (Wildman–Crippen LogP) is 1.40. The lowest BCUT2D eigenvalue weighted by Gasteiger charge is -2.18. The van der Waals surface area contributed by atoms with Crippen LogP contribution in [0.5, 0.6) is 0 Å². The maximum Gasteiger partial charge on any atom is 0.319 e. The van der Waals surface area contributed by atoms with Crippen molar-refractivity contribution in [3.05, 3.63) is 29.8 Å². The number of amides is 4. The molecular formula is C17H26N4O3. The van der Waals surface area contributed by atoms with Crippen molar-refractivity contribution in [1.29, 1.82) is 0 Å². The Labute approximate surface area is 142 Å². The first-order valence-corrected chi connectivity index (χ1v) is 8.03. The first-order chi connectivity index (χ1) is 11.4. The summed E-state index contributed by atoms with van der Waals surface area (Å²) in [5, 5.41) is 10.6. The van der Waals surface area contributed by atoms with Crippen LogP contribution >= 0.6 is 0 Å². The molecule has 0 aliphatic heterocycles. The molecule has 0 unspecified atom stereocenters. The SMILES string of the molecule is CC[C@H](C)NC(=O)[C@@H](C)NC(=O)Nc1ccccc1CC(=O)NC. The van der Waals surface area contributed by atoms with Gasteiger partial charge in [-0.05, 0) is 31.9 Å². The third-order valence-electron chi connectivity index (χ3n) is 3.64. The monoisotopic (exact) mass is 334 g/mol. The third-order valence-corrected chi connectivity index (χ3v) is 3.64. The van der Waals surface area contributed by atoms with Gasteiger partial charge in [0.2, 0.25) is 11.8 Å². The lowest BCUT2D eigenvalue weighted by atomic mass is 10.1. The van der Waals surface area contributed by atoms with Crippen LogP contribution in [-0.2, 0) is 16.0 Å². The largest absolute Gasteiger partial charge is 0.359 e. The van der Waals surface area contributed by atoms with Crippen LogP contribution in [0.2, 0.25) is 0 Å². The molecule has 0 heterocycles. The summed E-state index contributed by atoms with van der Waals surface area (Å²) in [4.78, 5) is 35.6. The van der Waals surface area contributed by atoms with Gasteiger partial charge in [-0.15, -0.1) is 0 Å². The van der Waals surface area contributed by atoms with Crippen molar-refractivity contribution in [2.45, 2.75) is 45.7 Å². The summed E-state index contributed by atoms with van der Waals surface area (Å²) in [7, 11) is 1.56. The molecule has 0 aliphatic carbocycles. The van der Waals surface area contributed by atoms with Crippen LogP contribution in [0, 0.1) is 0 Å². The van der Waals surface area contributed by atoms with Crippen molar-refractivity contribution < 1.29 is 14.4 Å². The molecule has 0 aromatic heterocycles. The standard InChI is InChI=1S/C17H26N4O3/c1-5-11(2)19-16(23)12(3)20-17(24)21-14-9-7-6-8-13(14)10-15(22)18-4/h6-9,11-12H,5,10H2,1-4H3,(H,18,22)(H,19,23)(H2,20,21,24)/t11-,12+/m0/s1. The molecule has 1 rings (SSSR count). The average Bonchev–Trinajstić information content (AvgIpc) is 2.56. The number of carbonyl (C=O) groups excluding carboxylic acids is 3. The van der Waals surface area contributed by atoms with Crippen molar-refractivity contribution in [2.75, 3.05) is 12.4 Å². The molecule has 0 radical (unpaired) electrons. The summed E-state index contributed by atoms with van der Waals surface area (Å²) >= 11 is 0. The van der Waals surface area contributed by atoms with Gasteiger partial charge in [0.05, 0.1) is 6.42 Å². The number of hydrogen-bond donors (Lipinski definition) is 4. The van der Waals surface area contributed by atoms with Gasteiger partial charge in [-0.1, -0.05) is 25.1 Å². The number of nitrogens with one attached hydrogen (secondary N) is 4. The molecule has 132 valence electrons. The van der Waals surface area contributed by atoms with E-state index in [4.69, 9.17) is 0 Å². The first-order valence-electron chi connectivity index (χ1n) is 8.03. The van der Waals surface area contributed by atoms with Crippen molar-refractivity contribution in [1.82, 2.24) is 16.0 Å². The smallest absolute Gasteiger partial charge is 0.319 e. The van der Waals surface area contributed by atoms with Crippen molar-refractivity contribution in [3.63, 3.8) is 0 Å². The van der Waals surface area contributed by atoms with Gasteiger partial charge in [-0.25, -0.2) is 4.79 Å². The number of hydrogen-bond acceptors (Lipinski definition) is 3. The van der Waals surface area contributed by atoms with Crippen LogP contribution in [-0.4, -0.2) is 37.0 Å². The molecule has 0 aliphatic rings. The van der Waals surface area contributed by atoms with E-state index < -0.39 is 12.1 Å². The van der Waals surface area contributed by atoms with Crippen LogP contribution < -0.4 is 21.3 Å². The topological polar surface area (TPSA) is 99.3 Å². The summed E-state index contributed by atoms with van der Waals surface area (Å²) in [6.45, 7) is 5.49. The van der Waals surface area contributed by atoms with Crippen LogP contribution in [0.4, 0.5) is 10.5 Å². The van der Waals surface area contributed by atoms with Gasteiger partial charge in [0.1, 0.15) is 6.04 Å². The van der Waals surface area contributed by atoms with E-state index in [0.29, 0.717) is 11.3 Å². The van der Waals surface area contributed by atoms with E-state index in [1.54, 1.807) is 38.2 Å². The highest BCUT2D eigenvalue weighted by Crippen LogP contribution is 2.15. The van der Waals surface area contributed by atoms with E-state index in [-0.39, 0.29) is 24.3 Å². The van der Waals surface area contributed by atoms with E-state index in [1.807, 2.05) is 13.8 Å². The number of urea groups is 1. The number of carbonyl (C=O) groups is 3. The van der Waals surface area contributed by atoms with Crippen LogP contribution in [0.1, 0.15) is 32.8 Å². The number of anilines is 1. The highest BCUT2D eigenvalue weighted by Gasteiger charge is 2.17. The number of rotatable bonds is 7. The van der Waals surface area contributed by atoms with Gasteiger partial charge in [0, 0.05) is 18.8 Å². The first kappa shape index (κ1) is 19.5. The normalized spacial score (nSPS) is 12.7. The van der Waals surface area contributed by atoms with E-state index in [0.717, 1.165) is 6.42 Å². The zero-order valence-corrected chi connectivity index (χ0v) is 14.6. The van der Waals surface area contributed by atoms with Gasteiger partial charge in [0.15, 0.2) is 0 Å². The fraction of sp³-hybridized carbons (Fsp3) is 0.471. The van der Waals surface area contributed by atoms with E-state index >= 15 is 0 Å². The van der Waals surface area contributed by atoms with Gasteiger partial charge in [0.25, 0.3) is 0 Å². The Hall–Kier alpha value is -2.57. The molecule has 0 saturated heterocycles. The Morgan fingerprint density at radius 3 is 2.38 bits per heavy atom. The minimum atomic E-state index is -0.662. The summed E-state index contributed by atoms with van der Waals surface area (Å²) in [5.41, 5.74) is 1.23. The number of benzene rings is 1. The third kappa shape index (κ3) is 6.28. The fourth-order valence-electron chi connectivity index (χ4n) is 1.95. The van der Waals surface area contributed by atoms with E-state index in [1.165, 1.54) is 0 Å². The molecule has 7 heteroatoms. The van der Waals surface area contributed by atoms with Crippen molar-refractivity contribution >= 4 is 23.5 Å². The second kappa shape index (κ2) is 9.54. The molecule has 4 amide bonds. The van der Waals surface area contributed by atoms with E-state index in [2.05, 4.69) is 21.3 Å². The highest BCUT2D eigenvalue weighted by molar-refractivity contribution is 5.94. The molecule has 7 nitrogen and oxygen atoms in total. The molecule has 0 spiro atoms. The Morgan fingerprint density at radius 1 is 1.08 bits per heavy atom. The highest BCUT2D eigenvalue weighted by atomic mass is 16.2. The van der Waals surface area contributed by atoms with Crippen molar-refractivity contribution in [2.24, 2.45) is 0 Å². The lowest BCUT2D eigenvalue weighted by Crippen LogP contribution is -2.48. The molecule has 4 N–H and O–H groups in total. The molecule has 24 heavy (non-hydrogen) atoms. The quantitative estimate of drug-likeness (QED) is 0.606. The van der Waals surface area contributed by atoms with Gasteiger partial charge >= 0.3 is 6.03 Å². The summed E-state index contributed by atoms with van der Waals surface area (Å²) in [5.74, 6) is -0.385. The van der Waals surface area contributed by atoms with E-state index in [9.17, 15) is 14.4 Å². The number of likely N-dealkylation sites (N-methyl/N-ethyl adjacent to an activating group) is 1. The molecule has 0 fully saturated rings. The molecule has 0 bridgehead atoms. The second-order valence-electron chi connectivity index (χ2n) is 5.65. The Morgan fingerprint density at radius 2 is 1.75 bits per heavy atom. The summed E-state index contributed by atoms with van der Waals surface area (Å²) < 4.78 is 0. The summed E-state index contributed by atoms with van der Waals surface area (Å²) in [6, 6.07) is 5.94. The fourth-order valence-corrected chi connectivity index (χ4v) is 1.95. The van der Waals surface area contributed by atoms with Crippen LogP contribution in [0.25, 0.3) is 0 Å². The lowest BCUT2D eigenvalue weighted by molar-refractivity contribution is -0.123. The maximum absolute atomic E-state index is 12.1. The molecule has 1 aromatic rings. The van der Waals surface area contributed by atoms with Gasteiger partial charge < -0.3 is 21.3 Å². The average molecular weight is 334 g/mol. The minimum Gasteiger partial charge on any atom is -0.359 e.